The highest BCUT2D eigenvalue weighted by Gasteiger charge is 2.57. The van der Waals surface area contributed by atoms with Gasteiger partial charge in [-0.1, -0.05) is 72.8 Å². The number of carbonyl (C=O) groups excluding carboxylic acids is 3. The lowest BCUT2D eigenvalue weighted by molar-refractivity contribution is -0.153. The summed E-state index contributed by atoms with van der Waals surface area (Å²) >= 11 is 0. The molecule has 1 fully saturated rings. The number of ether oxygens (including phenoxy) is 2. The van der Waals surface area contributed by atoms with E-state index in [0.717, 1.165) is 34.2 Å². The van der Waals surface area contributed by atoms with Crippen LogP contribution in [-0.4, -0.2) is 64.4 Å². The fourth-order valence-electron chi connectivity index (χ4n) is 4.94. The van der Waals surface area contributed by atoms with Gasteiger partial charge in [0, 0.05) is 11.6 Å². The van der Waals surface area contributed by atoms with Gasteiger partial charge in [-0.05, 0) is 30.0 Å². The lowest BCUT2D eigenvalue weighted by atomic mass is 9.97. The van der Waals surface area contributed by atoms with Crippen molar-refractivity contribution in [2.45, 2.75) is 50.1 Å². The monoisotopic (exact) mass is 638 g/mol. The number of nitrogens with zero attached hydrogens (tertiary/aromatic N) is 1. The molecule has 2 N–H and O–H groups in total. The van der Waals surface area contributed by atoms with Crippen LogP contribution >= 0.6 is 7.75 Å². The van der Waals surface area contributed by atoms with Crippen molar-refractivity contribution in [3.8, 4) is 5.75 Å². The average molecular weight is 639 g/mol. The van der Waals surface area contributed by atoms with Gasteiger partial charge in [0.2, 0.25) is 5.91 Å². The molecule has 0 spiro atoms. The van der Waals surface area contributed by atoms with Crippen LogP contribution in [0, 0.1) is 0 Å². The fraction of sp³-hybridized carbons (Fsp3) is 0.281. The molecule has 2 aliphatic rings. The Morgan fingerprint density at radius 2 is 1.89 bits per heavy atom. The van der Waals surface area contributed by atoms with Crippen molar-refractivity contribution < 1.29 is 47.0 Å². The van der Waals surface area contributed by atoms with Gasteiger partial charge in [0.05, 0.1) is 13.0 Å². The number of ketones is 1. The number of benzene rings is 3. The molecule has 0 aliphatic carbocycles. The number of alkyl halides is 1. The maximum Gasteiger partial charge on any atom is 0.459 e. The van der Waals surface area contributed by atoms with Crippen LogP contribution in [-0.2, 0) is 39.6 Å². The van der Waals surface area contributed by atoms with Crippen LogP contribution in [0.4, 0.5) is 4.39 Å². The van der Waals surface area contributed by atoms with E-state index in [2.05, 4.69) is 11.7 Å². The van der Waals surface area contributed by atoms with E-state index in [-0.39, 0.29) is 12.4 Å². The molecule has 0 aromatic heterocycles. The Morgan fingerprint density at radius 3 is 2.62 bits per heavy atom. The maximum atomic E-state index is 15.7. The largest absolute Gasteiger partial charge is 0.460 e. The lowest BCUT2D eigenvalue weighted by Crippen LogP contribution is -2.45. The minimum absolute atomic E-state index is 0.0352. The van der Waals surface area contributed by atoms with Crippen LogP contribution in [0.2, 0.25) is 0 Å². The van der Waals surface area contributed by atoms with Gasteiger partial charge in [0.15, 0.2) is 18.2 Å². The Bertz CT molecular complexity index is 1660. The van der Waals surface area contributed by atoms with Gasteiger partial charge >= 0.3 is 13.7 Å². The molecule has 45 heavy (non-hydrogen) atoms. The van der Waals surface area contributed by atoms with Crippen molar-refractivity contribution in [1.82, 2.24) is 9.99 Å². The third-order valence-corrected chi connectivity index (χ3v) is 9.02. The number of rotatable bonds is 12. The number of amides is 1. The number of hydrogen-bond donors (Lipinski definition) is 2. The summed E-state index contributed by atoms with van der Waals surface area (Å²) < 4.78 is 52.9. The van der Waals surface area contributed by atoms with Crippen molar-refractivity contribution in [3.05, 3.63) is 103 Å². The second-order valence-electron chi connectivity index (χ2n) is 10.6. The Morgan fingerprint density at radius 1 is 1.18 bits per heavy atom. The summed E-state index contributed by atoms with van der Waals surface area (Å²) in [7, 11) is -4.54. The van der Waals surface area contributed by atoms with Gasteiger partial charge in [0.25, 0.3) is 0 Å². The summed E-state index contributed by atoms with van der Waals surface area (Å²) in [5, 5.41) is 14.6. The minimum Gasteiger partial charge on any atom is -0.460 e. The SMILES string of the molecule is C=C[C@]1(COP(=O)(N[C@@H](C)C(=O)OCc2ccccc2)Oc2cccc3ccccc23)O[C@@H](N2C=CC(=O)CC2=O)[C@H](O)[C@@H]1F. The molecule has 236 valence electrons. The molecule has 2 aliphatic heterocycles. The molecule has 5 rings (SSSR count). The zero-order valence-corrected chi connectivity index (χ0v) is 25.2. The van der Waals surface area contributed by atoms with E-state index in [1.165, 1.54) is 6.92 Å². The third-order valence-electron chi connectivity index (χ3n) is 7.41. The van der Waals surface area contributed by atoms with Gasteiger partial charge in [-0.2, -0.15) is 5.09 Å². The molecule has 3 aromatic carbocycles. The molecule has 11 nitrogen and oxygen atoms in total. The second-order valence-corrected chi connectivity index (χ2v) is 12.3. The van der Waals surface area contributed by atoms with E-state index in [9.17, 15) is 24.1 Å². The first-order valence-corrected chi connectivity index (χ1v) is 15.6. The van der Waals surface area contributed by atoms with Crippen LogP contribution in [0.1, 0.15) is 18.9 Å². The van der Waals surface area contributed by atoms with Crippen molar-refractivity contribution >= 4 is 36.2 Å². The summed E-state index contributed by atoms with van der Waals surface area (Å²) in [6.45, 7) is 4.18. The molecule has 1 amide bonds. The molecule has 2 heterocycles. The van der Waals surface area contributed by atoms with Gasteiger partial charge in [0.1, 0.15) is 30.1 Å². The van der Waals surface area contributed by atoms with Crippen LogP contribution in [0.3, 0.4) is 0 Å². The van der Waals surface area contributed by atoms with E-state index in [1.807, 2.05) is 24.3 Å². The molecule has 3 aromatic rings. The third kappa shape index (κ3) is 7.06. The van der Waals surface area contributed by atoms with Crippen LogP contribution < -0.4 is 9.61 Å². The smallest absolute Gasteiger partial charge is 0.459 e. The summed E-state index contributed by atoms with van der Waals surface area (Å²) in [5.41, 5.74) is -1.36. The van der Waals surface area contributed by atoms with E-state index in [1.54, 1.807) is 48.5 Å². The average Bonchev–Trinajstić information content (AvgIpc) is 3.29. The topological polar surface area (TPSA) is 141 Å². The number of aliphatic hydroxyl groups excluding tert-OH is 1. The van der Waals surface area contributed by atoms with Gasteiger partial charge < -0.3 is 19.1 Å². The Labute approximate surface area is 258 Å². The number of nitrogens with one attached hydrogen (secondary N) is 1. The maximum absolute atomic E-state index is 15.7. The molecule has 1 unspecified atom stereocenters. The number of hydrogen-bond acceptors (Lipinski definition) is 9. The van der Waals surface area contributed by atoms with Crippen LogP contribution in [0.25, 0.3) is 10.8 Å². The minimum atomic E-state index is -4.54. The Kier molecular flexibility index (Phi) is 9.62. The summed E-state index contributed by atoms with van der Waals surface area (Å²) in [5.74, 6) is -1.76. The predicted octanol–water partition coefficient (Wildman–Crippen LogP) is 4.36. The zero-order valence-electron chi connectivity index (χ0n) is 24.3. The summed E-state index contributed by atoms with van der Waals surface area (Å²) in [6, 6.07) is 19.9. The molecular formula is C32H32FN2O9P. The lowest BCUT2D eigenvalue weighted by Gasteiger charge is -2.32. The normalized spacial score (nSPS) is 25.1. The molecule has 0 saturated carbocycles. The molecule has 0 bridgehead atoms. The van der Waals surface area contributed by atoms with Gasteiger partial charge in [-0.15, -0.1) is 6.58 Å². The number of halogens is 1. The van der Waals surface area contributed by atoms with E-state index < -0.39 is 68.6 Å². The highest BCUT2D eigenvalue weighted by atomic mass is 31.2. The van der Waals surface area contributed by atoms with Gasteiger partial charge in [-0.3, -0.25) is 23.8 Å². The fourth-order valence-corrected chi connectivity index (χ4v) is 6.49. The highest BCUT2D eigenvalue weighted by Crippen LogP contribution is 2.49. The number of esters is 1. The van der Waals surface area contributed by atoms with E-state index in [4.69, 9.17) is 18.5 Å². The first kappa shape index (κ1) is 32.2. The number of fused-ring (bicyclic) bond motifs is 1. The highest BCUT2D eigenvalue weighted by molar-refractivity contribution is 7.52. The molecule has 6 atom stereocenters. The van der Waals surface area contributed by atoms with Crippen LogP contribution in [0.15, 0.2) is 97.7 Å². The second kappa shape index (κ2) is 13.4. The predicted molar refractivity (Wildman–Crippen MR) is 161 cm³/mol. The van der Waals surface area contributed by atoms with Crippen molar-refractivity contribution in [3.63, 3.8) is 0 Å². The number of carbonyl (C=O) groups is 3. The number of allylic oxidation sites excluding steroid dienone is 1. The quantitative estimate of drug-likeness (QED) is 0.127. The molecule has 1 saturated heterocycles. The molecule has 0 radical (unpaired) electrons. The van der Waals surface area contributed by atoms with Crippen molar-refractivity contribution in [2.24, 2.45) is 0 Å². The summed E-state index contributed by atoms with van der Waals surface area (Å²) in [6.07, 6.45) is -2.82. The Balaban J connectivity index is 1.38. The Hall–Kier alpha value is -4.19. The van der Waals surface area contributed by atoms with E-state index in [0.29, 0.717) is 5.39 Å². The van der Waals surface area contributed by atoms with Gasteiger partial charge in [-0.25, -0.2) is 8.96 Å². The molecular weight excluding hydrogens is 606 g/mol. The summed E-state index contributed by atoms with van der Waals surface area (Å²) in [4.78, 5) is 37.9. The van der Waals surface area contributed by atoms with Crippen molar-refractivity contribution in [1.29, 1.82) is 0 Å². The van der Waals surface area contributed by atoms with Crippen LogP contribution in [0.5, 0.6) is 5.75 Å². The molecule has 13 heteroatoms. The van der Waals surface area contributed by atoms with Crippen molar-refractivity contribution in [2.75, 3.05) is 6.61 Å². The first-order valence-electron chi connectivity index (χ1n) is 14.1. The standard InChI is InChI=1S/C32H32FN2O9P/c1-3-32(29(33)28(38)30(43-32)35-17-16-24(36)18-27(35)37)20-42-45(40,44-26-15-9-13-23-12-7-8-14-25(23)26)34-21(2)31(39)41-19-22-10-5-4-6-11-22/h3-17,21,28-30,38H,1,18-20H2,2H3,(H,34,40)/t21-,28+,29-,30+,32+,45?/m0/s1. The van der Waals surface area contributed by atoms with E-state index >= 15 is 4.39 Å². The zero-order chi connectivity index (χ0) is 32.2. The number of aliphatic hydroxyl groups is 1. The first-order chi connectivity index (χ1) is 21.5.